The lowest BCUT2D eigenvalue weighted by molar-refractivity contribution is 0.0644. The zero-order chi connectivity index (χ0) is 7.40. The van der Waals surface area contributed by atoms with E-state index < -0.39 is 6.10 Å². The van der Waals surface area contributed by atoms with E-state index in [1.165, 1.54) is 0 Å². The highest BCUT2D eigenvalue weighted by atomic mass is 16.5. The summed E-state index contributed by atoms with van der Waals surface area (Å²) in [6.07, 6.45) is 2.65. The number of H-pyrrole nitrogens is 1. The lowest BCUT2D eigenvalue weighted by atomic mass is 10.2. The zero-order valence-electron chi connectivity index (χ0n) is 5.74. The first-order valence-electron chi connectivity index (χ1n) is 3.00. The maximum absolute atomic E-state index is 9.22. The molecule has 0 aliphatic rings. The van der Waals surface area contributed by atoms with E-state index in [0.717, 1.165) is 5.56 Å². The number of hydrogen-bond donors (Lipinski definition) is 2. The molecule has 4 heteroatoms. The molecule has 0 aliphatic heterocycles. The summed E-state index contributed by atoms with van der Waals surface area (Å²) >= 11 is 0. The predicted octanol–water partition coefficient (Wildman–Crippen LogP) is 0.0895. The third-order valence-corrected chi connectivity index (χ3v) is 1.23. The van der Waals surface area contributed by atoms with Crippen molar-refractivity contribution in [3.8, 4) is 0 Å². The molecule has 1 heterocycles. The lowest BCUT2D eigenvalue weighted by Crippen LogP contribution is -2.03. The summed E-state index contributed by atoms with van der Waals surface area (Å²) in [4.78, 5) is 0. The van der Waals surface area contributed by atoms with Crippen LogP contribution >= 0.6 is 0 Å². The molecule has 0 bridgehead atoms. The molecule has 0 radical (unpaired) electrons. The number of rotatable bonds is 3. The highest BCUT2D eigenvalue weighted by Gasteiger charge is 2.06. The van der Waals surface area contributed by atoms with Gasteiger partial charge in [0.05, 0.1) is 12.8 Å². The summed E-state index contributed by atoms with van der Waals surface area (Å²) in [7, 11) is 1.54. The second-order valence-corrected chi connectivity index (χ2v) is 2.00. The van der Waals surface area contributed by atoms with Gasteiger partial charge in [-0.15, -0.1) is 0 Å². The molecule has 4 nitrogen and oxygen atoms in total. The van der Waals surface area contributed by atoms with Crippen molar-refractivity contribution in [2.24, 2.45) is 0 Å². The normalized spacial score (nSPS) is 13.4. The molecule has 1 aromatic rings. The van der Waals surface area contributed by atoms with Crippen LogP contribution in [0.3, 0.4) is 0 Å². The van der Waals surface area contributed by atoms with Crippen molar-refractivity contribution < 1.29 is 9.84 Å². The van der Waals surface area contributed by atoms with Gasteiger partial charge in [0.15, 0.2) is 0 Å². The summed E-state index contributed by atoms with van der Waals surface area (Å²) in [5.74, 6) is 0. The van der Waals surface area contributed by atoms with Crippen LogP contribution in [-0.4, -0.2) is 29.0 Å². The van der Waals surface area contributed by atoms with Gasteiger partial charge in [-0.05, 0) is 0 Å². The average Bonchev–Trinajstić information content (AvgIpc) is 2.38. The lowest BCUT2D eigenvalue weighted by Gasteiger charge is -2.04. The Bertz CT molecular complexity index is 174. The van der Waals surface area contributed by atoms with Gasteiger partial charge in [-0.25, -0.2) is 0 Å². The monoisotopic (exact) mass is 142 g/mol. The molecule has 1 aromatic heterocycles. The van der Waals surface area contributed by atoms with E-state index >= 15 is 0 Å². The third-order valence-electron chi connectivity index (χ3n) is 1.23. The summed E-state index contributed by atoms with van der Waals surface area (Å²) in [5.41, 5.74) is 0.752. The number of nitrogens with one attached hydrogen (secondary N) is 1. The Morgan fingerprint density at radius 1 is 1.90 bits per heavy atom. The summed E-state index contributed by atoms with van der Waals surface area (Å²) in [6.45, 7) is 0.305. The number of aromatic nitrogens is 2. The van der Waals surface area contributed by atoms with Crippen LogP contribution in [0.25, 0.3) is 0 Å². The number of hydrogen-bond acceptors (Lipinski definition) is 3. The minimum atomic E-state index is -0.566. The molecule has 0 amide bonds. The molecule has 56 valence electrons. The van der Waals surface area contributed by atoms with E-state index in [4.69, 9.17) is 4.74 Å². The molecule has 1 unspecified atom stereocenters. The Kier molecular flexibility index (Phi) is 2.42. The van der Waals surface area contributed by atoms with E-state index in [1.54, 1.807) is 19.5 Å². The van der Waals surface area contributed by atoms with Gasteiger partial charge in [-0.1, -0.05) is 0 Å². The fourth-order valence-corrected chi connectivity index (χ4v) is 0.697. The van der Waals surface area contributed by atoms with Crippen LogP contribution < -0.4 is 0 Å². The molecule has 1 rings (SSSR count). The number of methoxy groups -OCH3 is 1. The van der Waals surface area contributed by atoms with Crippen molar-refractivity contribution in [2.75, 3.05) is 13.7 Å². The molecule has 0 aromatic carbocycles. The minimum Gasteiger partial charge on any atom is -0.386 e. The van der Waals surface area contributed by atoms with Crippen molar-refractivity contribution >= 4 is 0 Å². The largest absolute Gasteiger partial charge is 0.386 e. The van der Waals surface area contributed by atoms with Crippen LogP contribution in [-0.2, 0) is 4.74 Å². The van der Waals surface area contributed by atoms with Crippen molar-refractivity contribution in [2.45, 2.75) is 6.10 Å². The van der Waals surface area contributed by atoms with Crippen LogP contribution in [0.1, 0.15) is 11.7 Å². The Labute approximate surface area is 58.8 Å². The summed E-state index contributed by atoms with van der Waals surface area (Å²) < 4.78 is 4.74. The van der Waals surface area contributed by atoms with E-state index in [2.05, 4.69) is 10.2 Å². The predicted molar refractivity (Wildman–Crippen MR) is 35.4 cm³/mol. The van der Waals surface area contributed by atoms with Crippen LogP contribution in [0.2, 0.25) is 0 Å². The molecular formula is C6H10N2O2. The molecule has 0 aliphatic carbocycles. The highest BCUT2D eigenvalue weighted by Crippen LogP contribution is 2.08. The van der Waals surface area contributed by atoms with E-state index in [9.17, 15) is 5.11 Å². The molecule has 10 heavy (non-hydrogen) atoms. The Hall–Kier alpha value is -0.870. The van der Waals surface area contributed by atoms with Gasteiger partial charge >= 0.3 is 0 Å². The maximum atomic E-state index is 9.22. The van der Waals surface area contributed by atoms with Crippen molar-refractivity contribution in [1.29, 1.82) is 0 Å². The molecule has 0 fully saturated rings. The number of aliphatic hydroxyl groups is 1. The fourth-order valence-electron chi connectivity index (χ4n) is 0.697. The number of ether oxygens (including phenoxy) is 1. The summed E-state index contributed by atoms with van der Waals surface area (Å²) in [5, 5.41) is 15.5. The van der Waals surface area contributed by atoms with Crippen LogP contribution in [0.15, 0.2) is 12.4 Å². The Balaban J connectivity index is 2.50. The molecule has 1 atom stereocenters. The van der Waals surface area contributed by atoms with Gasteiger partial charge in [0.2, 0.25) is 0 Å². The second-order valence-electron chi connectivity index (χ2n) is 2.00. The number of nitrogens with zero attached hydrogens (tertiary/aromatic N) is 1. The van der Waals surface area contributed by atoms with E-state index in [1.807, 2.05) is 0 Å². The van der Waals surface area contributed by atoms with Gasteiger partial charge in [0.25, 0.3) is 0 Å². The van der Waals surface area contributed by atoms with Gasteiger partial charge in [0, 0.05) is 18.9 Å². The van der Waals surface area contributed by atoms with Crippen molar-refractivity contribution in [3.63, 3.8) is 0 Å². The Morgan fingerprint density at radius 2 is 2.70 bits per heavy atom. The number of aliphatic hydroxyl groups excluding tert-OH is 1. The first-order chi connectivity index (χ1) is 4.84. The third kappa shape index (κ3) is 1.55. The minimum absolute atomic E-state index is 0.305. The molecular weight excluding hydrogens is 132 g/mol. The topological polar surface area (TPSA) is 58.1 Å². The summed E-state index contributed by atoms with van der Waals surface area (Å²) in [6, 6.07) is 0. The fraction of sp³-hybridized carbons (Fsp3) is 0.500. The van der Waals surface area contributed by atoms with Crippen LogP contribution in [0.4, 0.5) is 0 Å². The van der Waals surface area contributed by atoms with Crippen LogP contribution in [0, 0.1) is 0 Å². The molecule has 0 saturated heterocycles. The smallest absolute Gasteiger partial charge is 0.105 e. The van der Waals surface area contributed by atoms with Gasteiger partial charge < -0.3 is 9.84 Å². The quantitative estimate of drug-likeness (QED) is 0.628. The highest BCUT2D eigenvalue weighted by molar-refractivity contribution is 5.06. The zero-order valence-corrected chi connectivity index (χ0v) is 5.74. The van der Waals surface area contributed by atoms with Gasteiger partial charge in [-0.2, -0.15) is 5.10 Å². The average molecular weight is 142 g/mol. The molecule has 0 spiro atoms. The first kappa shape index (κ1) is 7.24. The SMILES string of the molecule is COCC(O)c1cn[nH]c1. The Morgan fingerprint density at radius 3 is 3.20 bits per heavy atom. The van der Waals surface area contributed by atoms with Crippen molar-refractivity contribution in [3.05, 3.63) is 18.0 Å². The van der Waals surface area contributed by atoms with Gasteiger partial charge in [0.1, 0.15) is 6.10 Å². The number of aromatic amines is 1. The maximum Gasteiger partial charge on any atom is 0.105 e. The molecule has 2 N–H and O–H groups in total. The second kappa shape index (κ2) is 3.34. The molecule has 0 saturated carbocycles. The van der Waals surface area contributed by atoms with Crippen molar-refractivity contribution in [1.82, 2.24) is 10.2 Å². The van der Waals surface area contributed by atoms with Crippen LogP contribution in [0.5, 0.6) is 0 Å². The van der Waals surface area contributed by atoms with E-state index in [-0.39, 0.29) is 0 Å². The first-order valence-corrected chi connectivity index (χ1v) is 3.00. The van der Waals surface area contributed by atoms with E-state index in [0.29, 0.717) is 6.61 Å². The standard InChI is InChI=1S/C6H10N2O2/c1-10-4-6(9)5-2-7-8-3-5/h2-3,6,9H,4H2,1H3,(H,7,8). The van der Waals surface area contributed by atoms with Gasteiger partial charge in [-0.3, -0.25) is 5.10 Å².